The van der Waals surface area contributed by atoms with E-state index in [1.54, 1.807) is 0 Å². The van der Waals surface area contributed by atoms with Crippen molar-refractivity contribution in [3.63, 3.8) is 0 Å². The summed E-state index contributed by atoms with van der Waals surface area (Å²) in [5.41, 5.74) is 2.88. The number of oxazole rings is 1. The minimum absolute atomic E-state index is 0.121. The molecule has 24 heavy (non-hydrogen) atoms. The molecular formula is C20H16N2O2. The predicted octanol–water partition coefficient (Wildman–Crippen LogP) is 4.28. The minimum Gasteiger partial charge on any atom is -0.433 e. The molecule has 0 aliphatic rings. The second kappa shape index (κ2) is 5.49. The first kappa shape index (κ1) is 14.5. The molecule has 0 bridgehead atoms. The largest absolute Gasteiger partial charge is 0.433 e. The summed E-state index contributed by atoms with van der Waals surface area (Å²) >= 11 is 0. The van der Waals surface area contributed by atoms with Crippen LogP contribution in [0.4, 0.5) is 5.69 Å². The monoisotopic (exact) mass is 316 g/mol. The van der Waals surface area contributed by atoms with Gasteiger partial charge in [0, 0.05) is 31.4 Å². The summed E-state index contributed by atoms with van der Waals surface area (Å²) in [5.74, 6) is -0.0838. The Labute approximate surface area is 139 Å². The van der Waals surface area contributed by atoms with Gasteiger partial charge in [0.2, 0.25) is 5.78 Å². The molecule has 4 heteroatoms. The van der Waals surface area contributed by atoms with Gasteiger partial charge in [0.1, 0.15) is 5.52 Å². The number of anilines is 1. The number of fused-ring (bicyclic) bond motifs is 2. The van der Waals surface area contributed by atoms with Crippen molar-refractivity contribution in [1.82, 2.24) is 4.98 Å². The van der Waals surface area contributed by atoms with Gasteiger partial charge in [-0.1, -0.05) is 36.4 Å². The van der Waals surface area contributed by atoms with Gasteiger partial charge < -0.3 is 9.32 Å². The van der Waals surface area contributed by atoms with Crippen LogP contribution >= 0.6 is 0 Å². The van der Waals surface area contributed by atoms with Crippen LogP contribution in [0.3, 0.4) is 0 Å². The SMILES string of the molecule is CN(C)c1ccc2nc(C(=O)c3ccc4ccccc4c3)oc2c1. The molecule has 0 radical (unpaired) electrons. The van der Waals surface area contributed by atoms with Gasteiger partial charge in [0.05, 0.1) is 0 Å². The van der Waals surface area contributed by atoms with Crippen molar-refractivity contribution in [2.45, 2.75) is 0 Å². The van der Waals surface area contributed by atoms with Crippen LogP contribution in [0.25, 0.3) is 21.9 Å². The highest BCUT2D eigenvalue weighted by molar-refractivity contribution is 6.08. The molecule has 1 aromatic heterocycles. The van der Waals surface area contributed by atoms with Crippen molar-refractivity contribution in [3.8, 4) is 0 Å². The maximum absolute atomic E-state index is 12.7. The Balaban J connectivity index is 1.76. The predicted molar refractivity (Wildman–Crippen MR) is 95.7 cm³/mol. The lowest BCUT2D eigenvalue weighted by Crippen LogP contribution is -2.07. The summed E-state index contributed by atoms with van der Waals surface area (Å²) in [6.07, 6.45) is 0. The molecule has 4 nitrogen and oxygen atoms in total. The number of benzene rings is 3. The molecule has 0 unspecified atom stereocenters. The van der Waals surface area contributed by atoms with Gasteiger partial charge >= 0.3 is 0 Å². The summed E-state index contributed by atoms with van der Waals surface area (Å²) in [6, 6.07) is 19.3. The molecule has 4 rings (SSSR count). The van der Waals surface area contributed by atoms with Crippen LogP contribution in [0.5, 0.6) is 0 Å². The van der Waals surface area contributed by atoms with E-state index in [2.05, 4.69) is 4.98 Å². The van der Waals surface area contributed by atoms with Gasteiger partial charge in [0.15, 0.2) is 5.58 Å². The lowest BCUT2D eigenvalue weighted by molar-refractivity contribution is 0.100. The van der Waals surface area contributed by atoms with Crippen molar-refractivity contribution in [2.75, 3.05) is 19.0 Å². The number of rotatable bonds is 3. The molecule has 0 atom stereocenters. The third-order valence-electron chi connectivity index (χ3n) is 4.09. The van der Waals surface area contributed by atoms with E-state index >= 15 is 0 Å². The summed E-state index contributed by atoms with van der Waals surface area (Å²) < 4.78 is 5.70. The van der Waals surface area contributed by atoms with Crippen molar-refractivity contribution >= 4 is 33.3 Å². The Morgan fingerprint density at radius 3 is 2.54 bits per heavy atom. The Morgan fingerprint density at radius 1 is 0.958 bits per heavy atom. The topological polar surface area (TPSA) is 46.3 Å². The highest BCUT2D eigenvalue weighted by atomic mass is 16.4. The van der Waals surface area contributed by atoms with E-state index in [-0.39, 0.29) is 11.7 Å². The molecule has 118 valence electrons. The number of aromatic nitrogens is 1. The van der Waals surface area contributed by atoms with Crippen molar-refractivity contribution in [3.05, 3.63) is 72.1 Å². The molecule has 0 N–H and O–H groups in total. The number of nitrogens with zero attached hydrogens (tertiary/aromatic N) is 2. The first-order chi connectivity index (χ1) is 11.6. The van der Waals surface area contributed by atoms with E-state index in [1.165, 1.54) is 0 Å². The number of carbonyl (C=O) groups excluding carboxylic acids is 1. The molecule has 0 saturated heterocycles. The zero-order valence-corrected chi connectivity index (χ0v) is 13.5. The summed E-state index contributed by atoms with van der Waals surface area (Å²) in [7, 11) is 3.91. The normalized spacial score (nSPS) is 11.1. The van der Waals surface area contributed by atoms with Crippen molar-refractivity contribution in [1.29, 1.82) is 0 Å². The maximum Gasteiger partial charge on any atom is 0.269 e. The first-order valence-corrected chi connectivity index (χ1v) is 7.73. The first-order valence-electron chi connectivity index (χ1n) is 7.73. The Kier molecular flexibility index (Phi) is 3.31. The lowest BCUT2D eigenvalue weighted by atomic mass is 10.0. The number of ketones is 1. The molecular weight excluding hydrogens is 300 g/mol. The van der Waals surface area contributed by atoms with E-state index < -0.39 is 0 Å². The highest BCUT2D eigenvalue weighted by Gasteiger charge is 2.17. The van der Waals surface area contributed by atoms with Crippen LogP contribution < -0.4 is 4.90 Å². The number of hydrogen-bond acceptors (Lipinski definition) is 4. The third-order valence-corrected chi connectivity index (χ3v) is 4.09. The van der Waals surface area contributed by atoms with Crippen LogP contribution in [-0.2, 0) is 0 Å². The zero-order chi connectivity index (χ0) is 16.7. The van der Waals surface area contributed by atoms with E-state index in [0.717, 1.165) is 16.5 Å². The fraction of sp³-hybridized carbons (Fsp3) is 0.100. The standard InChI is InChI=1S/C20H16N2O2/c1-22(2)16-9-10-17-18(12-16)24-20(21-17)19(23)15-8-7-13-5-3-4-6-14(13)11-15/h3-12H,1-2H3. The van der Waals surface area contributed by atoms with Gasteiger partial charge in [-0.05, 0) is 29.0 Å². The average Bonchev–Trinajstić information content (AvgIpc) is 3.03. The van der Waals surface area contributed by atoms with Crippen LogP contribution in [0.15, 0.2) is 65.1 Å². The zero-order valence-electron chi connectivity index (χ0n) is 13.5. The molecule has 4 aromatic rings. The average molecular weight is 316 g/mol. The molecule has 0 saturated carbocycles. The molecule has 0 spiro atoms. The molecule has 0 aliphatic heterocycles. The van der Waals surface area contributed by atoms with Crippen LogP contribution in [0.1, 0.15) is 16.2 Å². The molecule has 3 aromatic carbocycles. The Hall–Kier alpha value is -3.14. The van der Waals surface area contributed by atoms with Gasteiger partial charge in [-0.2, -0.15) is 0 Å². The molecule has 0 fully saturated rings. The quantitative estimate of drug-likeness (QED) is 0.529. The van der Waals surface area contributed by atoms with E-state index in [0.29, 0.717) is 16.7 Å². The van der Waals surface area contributed by atoms with E-state index in [4.69, 9.17) is 4.42 Å². The smallest absolute Gasteiger partial charge is 0.269 e. The van der Waals surface area contributed by atoms with Gasteiger partial charge in [-0.15, -0.1) is 0 Å². The Bertz CT molecular complexity index is 1060. The fourth-order valence-corrected chi connectivity index (χ4v) is 2.74. The fourth-order valence-electron chi connectivity index (χ4n) is 2.74. The lowest BCUT2D eigenvalue weighted by Gasteiger charge is -2.10. The van der Waals surface area contributed by atoms with Crippen molar-refractivity contribution in [2.24, 2.45) is 0 Å². The maximum atomic E-state index is 12.7. The van der Waals surface area contributed by atoms with Crippen LogP contribution in [-0.4, -0.2) is 24.9 Å². The summed E-state index contributed by atoms with van der Waals surface area (Å²) in [4.78, 5) is 19.0. The summed E-state index contributed by atoms with van der Waals surface area (Å²) in [5, 5.41) is 2.12. The van der Waals surface area contributed by atoms with Crippen LogP contribution in [0, 0.1) is 0 Å². The molecule has 0 aliphatic carbocycles. The van der Waals surface area contributed by atoms with Crippen LogP contribution in [0.2, 0.25) is 0 Å². The van der Waals surface area contributed by atoms with Gasteiger partial charge in [0.25, 0.3) is 5.89 Å². The third kappa shape index (κ3) is 2.42. The Morgan fingerprint density at radius 2 is 1.75 bits per heavy atom. The minimum atomic E-state index is -0.205. The van der Waals surface area contributed by atoms with Gasteiger partial charge in [-0.3, -0.25) is 4.79 Å². The molecule has 1 heterocycles. The van der Waals surface area contributed by atoms with E-state index in [9.17, 15) is 4.79 Å². The number of carbonyl (C=O) groups is 1. The molecule has 0 amide bonds. The van der Waals surface area contributed by atoms with Gasteiger partial charge in [-0.25, -0.2) is 4.98 Å². The van der Waals surface area contributed by atoms with E-state index in [1.807, 2.05) is 79.7 Å². The summed E-state index contributed by atoms with van der Waals surface area (Å²) in [6.45, 7) is 0. The van der Waals surface area contributed by atoms with Crippen molar-refractivity contribution < 1.29 is 9.21 Å². The highest BCUT2D eigenvalue weighted by Crippen LogP contribution is 2.24. The second-order valence-corrected chi connectivity index (χ2v) is 5.96. The number of hydrogen-bond donors (Lipinski definition) is 0. The second-order valence-electron chi connectivity index (χ2n) is 5.96.